The van der Waals surface area contributed by atoms with E-state index < -0.39 is 0 Å². The molecular weight excluding hydrogens is 364 g/mol. The second kappa shape index (κ2) is 8.29. The number of aryl methyl sites for hydroxylation is 1. The summed E-state index contributed by atoms with van der Waals surface area (Å²) in [6.45, 7) is 5.48. The van der Waals surface area contributed by atoms with Gasteiger partial charge in [0.25, 0.3) is 5.91 Å². The number of piperazine rings is 1. The Balaban J connectivity index is 1.49. The Hall–Kier alpha value is -3.43. The van der Waals surface area contributed by atoms with Crippen molar-refractivity contribution >= 4 is 5.91 Å². The summed E-state index contributed by atoms with van der Waals surface area (Å²) >= 11 is 0. The minimum Gasteiger partial charge on any atom is -0.360 e. The largest absolute Gasteiger partial charge is 0.360 e. The first-order valence-corrected chi connectivity index (χ1v) is 9.68. The number of carbonyl (C=O) groups excluding carboxylic acids is 1. The number of aromatic nitrogens is 1. The van der Waals surface area contributed by atoms with E-state index in [1.807, 2.05) is 60.4 Å². The van der Waals surface area contributed by atoms with Crippen LogP contribution >= 0.6 is 0 Å². The lowest BCUT2D eigenvalue weighted by molar-refractivity contribution is 0.0618. The Kier molecular flexibility index (Phi) is 5.41. The Morgan fingerprint density at radius 2 is 1.76 bits per heavy atom. The predicted molar refractivity (Wildman–Crippen MR) is 109 cm³/mol. The van der Waals surface area contributed by atoms with Gasteiger partial charge in [-0.1, -0.05) is 41.6 Å². The molecule has 0 bridgehead atoms. The molecule has 1 fully saturated rings. The normalized spacial score (nSPS) is 14.6. The fourth-order valence-corrected chi connectivity index (χ4v) is 3.71. The van der Waals surface area contributed by atoms with Gasteiger partial charge in [-0.25, -0.2) is 0 Å². The van der Waals surface area contributed by atoms with E-state index in [-0.39, 0.29) is 5.91 Å². The molecule has 0 aliphatic carbocycles. The van der Waals surface area contributed by atoms with E-state index in [0.29, 0.717) is 30.8 Å². The van der Waals surface area contributed by atoms with Gasteiger partial charge in [0.15, 0.2) is 5.76 Å². The van der Waals surface area contributed by atoms with Crippen LogP contribution in [0.25, 0.3) is 11.1 Å². The molecule has 3 aromatic rings. The molecule has 0 radical (unpaired) electrons. The van der Waals surface area contributed by atoms with Crippen molar-refractivity contribution in [3.05, 3.63) is 77.2 Å². The molecule has 2 heterocycles. The number of amides is 1. The van der Waals surface area contributed by atoms with Crippen molar-refractivity contribution in [2.45, 2.75) is 13.5 Å². The molecule has 4 rings (SSSR count). The van der Waals surface area contributed by atoms with Crippen molar-refractivity contribution in [1.29, 1.82) is 5.26 Å². The number of hydrogen-bond donors (Lipinski definition) is 0. The van der Waals surface area contributed by atoms with Crippen molar-refractivity contribution in [3.63, 3.8) is 0 Å². The lowest BCUT2D eigenvalue weighted by Crippen LogP contribution is -2.48. The van der Waals surface area contributed by atoms with Gasteiger partial charge in [-0.05, 0) is 24.6 Å². The van der Waals surface area contributed by atoms with Crippen LogP contribution in [0.3, 0.4) is 0 Å². The zero-order valence-corrected chi connectivity index (χ0v) is 16.3. The summed E-state index contributed by atoms with van der Waals surface area (Å²) in [6, 6.07) is 19.1. The van der Waals surface area contributed by atoms with Gasteiger partial charge in [0.1, 0.15) is 0 Å². The molecular formula is C23H22N4O2. The highest BCUT2D eigenvalue weighted by molar-refractivity contribution is 6.01. The third kappa shape index (κ3) is 4.05. The van der Waals surface area contributed by atoms with Crippen LogP contribution in [0.4, 0.5) is 0 Å². The lowest BCUT2D eigenvalue weighted by atomic mass is 9.95. The number of benzene rings is 2. The van der Waals surface area contributed by atoms with Gasteiger partial charge in [0, 0.05) is 43.4 Å². The maximum absolute atomic E-state index is 13.3. The van der Waals surface area contributed by atoms with Crippen LogP contribution in [0.2, 0.25) is 0 Å². The summed E-state index contributed by atoms with van der Waals surface area (Å²) in [4.78, 5) is 17.4. The second-order valence-electron chi connectivity index (χ2n) is 7.21. The van der Waals surface area contributed by atoms with Crippen LogP contribution < -0.4 is 0 Å². The summed E-state index contributed by atoms with van der Waals surface area (Å²) in [6.07, 6.45) is 0. The number of carbonyl (C=O) groups is 1. The first-order chi connectivity index (χ1) is 14.2. The molecule has 1 aliphatic rings. The molecule has 1 amide bonds. The van der Waals surface area contributed by atoms with Gasteiger partial charge in [-0.2, -0.15) is 5.26 Å². The molecule has 29 heavy (non-hydrogen) atoms. The summed E-state index contributed by atoms with van der Waals surface area (Å²) in [5.41, 5.74) is 3.67. The van der Waals surface area contributed by atoms with Gasteiger partial charge in [-0.15, -0.1) is 0 Å². The molecule has 0 atom stereocenters. The third-order valence-corrected chi connectivity index (χ3v) is 5.21. The van der Waals surface area contributed by atoms with E-state index >= 15 is 0 Å². The summed E-state index contributed by atoms with van der Waals surface area (Å²) < 4.78 is 5.30. The molecule has 2 aromatic carbocycles. The van der Waals surface area contributed by atoms with E-state index in [4.69, 9.17) is 4.52 Å². The fraction of sp³-hybridized carbons (Fsp3) is 0.261. The second-order valence-corrected chi connectivity index (χ2v) is 7.21. The van der Waals surface area contributed by atoms with Crippen LogP contribution in [0.5, 0.6) is 0 Å². The number of nitriles is 1. The summed E-state index contributed by atoms with van der Waals surface area (Å²) in [5, 5.41) is 13.4. The zero-order chi connectivity index (χ0) is 20.2. The van der Waals surface area contributed by atoms with Crippen LogP contribution in [0, 0.1) is 18.3 Å². The maximum Gasteiger partial charge on any atom is 0.254 e. The van der Waals surface area contributed by atoms with E-state index in [0.717, 1.165) is 35.7 Å². The highest BCUT2D eigenvalue weighted by Gasteiger charge is 2.25. The first kappa shape index (κ1) is 18.9. The fourth-order valence-electron chi connectivity index (χ4n) is 3.71. The summed E-state index contributed by atoms with van der Waals surface area (Å²) in [5.74, 6) is 0.851. The van der Waals surface area contributed by atoms with Gasteiger partial charge >= 0.3 is 0 Å². The first-order valence-electron chi connectivity index (χ1n) is 9.68. The number of hydrogen-bond acceptors (Lipinski definition) is 5. The maximum atomic E-state index is 13.3. The SMILES string of the molecule is Cc1cc(CN2CCN(C(=O)c3ccccc3-c3ccccc3C#N)CC2)on1. The molecule has 6 nitrogen and oxygen atoms in total. The molecule has 0 unspecified atom stereocenters. The minimum absolute atomic E-state index is 0.00324. The standard InChI is InChI=1S/C23H22N4O2/c1-17-14-19(29-25-17)16-26-10-12-27(13-11-26)23(28)22-9-5-4-8-21(22)20-7-3-2-6-18(20)15-24/h2-9,14H,10-13,16H2,1H3. The van der Waals surface area contributed by atoms with E-state index in [9.17, 15) is 10.1 Å². The Morgan fingerprint density at radius 1 is 1.07 bits per heavy atom. The summed E-state index contributed by atoms with van der Waals surface area (Å²) in [7, 11) is 0. The van der Waals surface area contributed by atoms with Crippen molar-refractivity contribution in [2.24, 2.45) is 0 Å². The monoisotopic (exact) mass is 386 g/mol. The van der Waals surface area contributed by atoms with Gasteiger partial charge in [-0.3, -0.25) is 9.69 Å². The third-order valence-electron chi connectivity index (χ3n) is 5.21. The van der Waals surface area contributed by atoms with Crippen LogP contribution in [0.1, 0.15) is 27.4 Å². The van der Waals surface area contributed by atoms with Crippen LogP contribution in [0.15, 0.2) is 59.1 Å². The smallest absolute Gasteiger partial charge is 0.254 e. The highest BCUT2D eigenvalue weighted by atomic mass is 16.5. The molecule has 0 N–H and O–H groups in total. The quantitative estimate of drug-likeness (QED) is 0.686. The van der Waals surface area contributed by atoms with Crippen molar-refractivity contribution in [1.82, 2.24) is 15.0 Å². The topological polar surface area (TPSA) is 73.4 Å². The van der Waals surface area contributed by atoms with Crippen molar-refractivity contribution < 1.29 is 9.32 Å². The Labute approximate surface area is 169 Å². The average molecular weight is 386 g/mol. The molecule has 1 aromatic heterocycles. The van der Waals surface area contributed by atoms with E-state index in [2.05, 4.69) is 16.1 Å². The van der Waals surface area contributed by atoms with Gasteiger partial charge < -0.3 is 9.42 Å². The lowest BCUT2D eigenvalue weighted by Gasteiger charge is -2.34. The average Bonchev–Trinajstić information content (AvgIpc) is 3.18. The molecule has 6 heteroatoms. The van der Waals surface area contributed by atoms with Gasteiger partial charge in [0.2, 0.25) is 0 Å². The van der Waals surface area contributed by atoms with Crippen LogP contribution in [-0.2, 0) is 6.54 Å². The van der Waals surface area contributed by atoms with Crippen molar-refractivity contribution in [3.8, 4) is 17.2 Å². The molecule has 0 saturated carbocycles. The van der Waals surface area contributed by atoms with Crippen molar-refractivity contribution in [2.75, 3.05) is 26.2 Å². The Bertz CT molecular complexity index is 1060. The number of rotatable bonds is 4. The molecule has 1 saturated heterocycles. The molecule has 0 spiro atoms. The zero-order valence-electron chi connectivity index (χ0n) is 16.3. The number of nitrogens with zero attached hydrogens (tertiary/aromatic N) is 4. The van der Waals surface area contributed by atoms with Gasteiger partial charge in [0.05, 0.1) is 23.9 Å². The minimum atomic E-state index is 0.00324. The molecule has 1 aliphatic heterocycles. The predicted octanol–water partition coefficient (Wildman–Crippen LogP) is 3.48. The van der Waals surface area contributed by atoms with E-state index in [1.54, 1.807) is 6.07 Å². The molecule has 146 valence electrons. The van der Waals surface area contributed by atoms with E-state index in [1.165, 1.54) is 0 Å². The highest BCUT2D eigenvalue weighted by Crippen LogP contribution is 2.28. The Morgan fingerprint density at radius 3 is 2.45 bits per heavy atom. The van der Waals surface area contributed by atoms with Crippen LogP contribution in [-0.4, -0.2) is 47.0 Å².